The number of carbonyl (C=O) groups excluding carboxylic acids is 2. The molecule has 1 saturated heterocycles. The third-order valence-electron chi connectivity index (χ3n) is 4.95. The van der Waals surface area contributed by atoms with Crippen molar-refractivity contribution in [1.29, 1.82) is 0 Å². The van der Waals surface area contributed by atoms with Crippen LogP contribution in [-0.2, 0) is 17.9 Å². The topological polar surface area (TPSA) is 84.2 Å². The first-order chi connectivity index (χ1) is 12.1. The summed E-state index contributed by atoms with van der Waals surface area (Å²) in [6.45, 7) is 4.90. The Morgan fingerprint density at radius 3 is 2.84 bits per heavy atom. The molecule has 0 aliphatic carbocycles. The van der Waals surface area contributed by atoms with Gasteiger partial charge in [-0.05, 0) is 12.8 Å². The Morgan fingerprint density at radius 2 is 2.08 bits per heavy atom. The van der Waals surface area contributed by atoms with Crippen LogP contribution in [-0.4, -0.2) is 61.0 Å². The lowest BCUT2D eigenvalue weighted by Crippen LogP contribution is -2.41. The van der Waals surface area contributed by atoms with Crippen LogP contribution < -0.4 is 0 Å². The Balaban J connectivity index is 1.51. The van der Waals surface area contributed by atoms with E-state index in [0.29, 0.717) is 31.9 Å². The van der Waals surface area contributed by atoms with Gasteiger partial charge in [0.15, 0.2) is 5.82 Å². The van der Waals surface area contributed by atoms with Crippen molar-refractivity contribution in [3.63, 3.8) is 0 Å². The molecule has 1 atom stereocenters. The Morgan fingerprint density at radius 1 is 1.20 bits per heavy atom. The van der Waals surface area contributed by atoms with E-state index < -0.39 is 0 Å². The first kappa shape index (κ1) is 16.2. The number of hydrogen-bond donors (Lipinski definition) is 0. The first-order valence-electron chi connectivity index (χ1n) is 8.48. The second-order valence-corrected chi connectivity index (χ2v) is 7.25. The van der Waals surface area contributed by atoms with Gasteiger partial charge in [-0.3, -0.25) is 9.59 Å². The highest BCUT2D eigenvalue weighted by Gasteiger charge is 2.31. The van der Waals surface area contributed by atoms with Gasteiger partial charge >= 0.3 is 0 Å². The largest absolute Gasteiger partial charge is 0.342 e. The molecular weight excluding hydrogens is 340 g/mol. The average Bonchev–Trinajstić information content (AvgIpc) is 3.30. The highest BCUT2D eigenvalue weighted by atomic mass is 32.1. The second-order valence-electron chi connectivity index (χ2n) is 6.53. The molecular formula is C16H20N6O2S. The van der Waals surface area contributed by atoms with Crippen molar-refractivity contribution in [3.05, 3.63) is 28.2 Å². The van der Waals surface area contributed by atoms with E-state index in [9.17, 15) is 9.59 Å². The summed E-state index contributed by atoms with van der Waals surface area (Å²) in [6, 6.07) is 0. The van der Waals surface area contributed by atoms with Gasteiger partial charge < -0.3 is 14.4 Å². The molecule has 4 heterocycles. The van der Waals surface area contributed by atoms with Gasteiger partial charge in [0, 0.05) is 44.4 Å². The normalized spacial score (nSPS) is 20.4. The molecule has 25 heavy (non-hydrogen) atoms. The summed E-state index contributed by atoms with van der Waals surface area (Å²) in [4.78, 5) is 31.9. The number of piperidine rings is 1. The molecule has 9 heteroatoms. The van der Waals surface area contributed by atoms with Crippen LogP contribution in [0.3, 0.4) is 0 Å². The van der Waals surface area contributed by atoms with Crippen molar-refractivity contribution in [2.24, 2.45) is 0 Å². The van der Waals surface area contributed by atoms with E-state index in [0.717, 1.165) is 31.0 Å². The number of hydrogen-bond acceptors (Lipinski definition) is 6. The van der Waals surface area contributed by atoms with E-state index >= 15 is 0 Å². The van der Waals surface area contributed by atoms with Crippen molar-refractivity contribution < 1.29 is 9.59 Å². The predicted molar refractivity (Wildman–Crippen MR) is 91.1 cm³/mol. The van der Waals surface area contributed by atoms with Crippen molar-refractivity contribution in [1.82, 2.24) is 29.5 Å². The van der Waals surface area contributed by atoms with Crippen molar-refractivity contribution in [2.75, 3.05) is 19.6 Å². The van der Waals surface area contributed by atoms with Gasteiger partial charge in [-0.2, -0.15) is 0 Å². The van der Waals surface area contributed by atoms with Gasteiger partial charge in [0.2, 0.25) is 5.91 Å². The molecule has 0 bridgehead atoms. The van der Waals surface area contributed by atoms with Crippen LogP contribution in [0, 0.1) is 0 Å². The summed E-state index contributed by atoms with van der Waals surface area (Å²) < 4.78 is 2.12. The van der Waals surface area contributed by atoms with Crippen LogP contribution in [0.2, 0.25) is 0 Å². The lowest BCUT2D eigenvalue weighted by molar-refractivity contribution is -0.130. The molecule has 2 aliphatic rings. The molecule has 0 radical (unpaired) electrons. The lowest BCUT2D eigenvalue weighted by Gasteiger charge is -2.33. The minimum atomic E-state index is -0.0579. The summed E-state index contributed by atoms with van der Waals surface area (Å²) in [5.74, 6) is 2.03. The van der Waals surface area contributed by atoms with Gasteiger partial charge in [-0.15, -0.1) is 21.5 Å². The molecule has 2 aliphatic heterocycles. The Hall–Kier alpha value is -2.29. The summed E-state index contributed by atoms with van der Waals surface area (Å²) in [6.07, 6.45) is 2.00. The van der Waals surface area contributed by atoms with Crippen LogP contribution in [0.1, 0.15) is 47.8 Å². The maximum atomic E-state index is 12.5. The van der Waals surface area contributed by atoms with E-state index in [4.69, 9.17) is 0 Å². The van der Waals surface area contributed by atoms with Crippen LogP contribution in [0.25, 0.3) is 0 Å². The number of amides is 2. The quantitative estimate of drug-likeness (QED) is 0.801. The molecule has 2 amide bonds. The molecule has 0 aromatic carbocycles. The van der Waals surface area contributed by atoms with E-state index in [1.165, 1.54) is 11.3 Å². The summed E-state index contributed by atoms with van der Waals surface area (Å²) in [7, 11) is 0. The molecule has 1 fully saturated rings. The number of thiazole rings is 1. The van der Waals surface area contributed by atoms with Crippen LogP contribution in [0.15, 0.2) is 10.9 Å². The van der Waals surface area contributed by atoms with Crippen LogP contribution in [0.4, 0.5) is 0 Å². The standard InChI is InChI=1S/C16H20N6O2S/c1-11(23)20-4-2-3-12(7-20)15-19-18-14-8-21(5-6-22(14)15)16(24)13-9-25-10-17-13/h9-10,12H,2-8H2,1H3. The number of aromatic nitrogens is 4. The lowest BCUT2D eigenvalue weighted by atomic mass is 9.97. The molecule has 8 nitrogen and oxygen atoms in total. The zero-order valence-electron chi connectivity index (χ0n) is 14.1. The van der Waals surface area contributed by atoms with Crippen molar-refractivity contribution in [2.45, 2.75) is 38.8 Å². The number of nitrogens with zero attached hydrogens (tertiary/aromatic N) is 6. The highest BCUT2D eigenvalue weighted by molar-refractivity contribution is 7.07. The average molecular weight is 360 g/mol. The van der Waals surface area contributed by atoms with Crippen LogP contribution in [0.5, 0.6) is 0 Å². The smallest absolute Gasteiger partial charge is 0.273 e. The Labute approximate surface area is 149 Å². The van der Waals surface area contributed by atoms with Gasteiger partial charge in [0.1, 0.15) is 11.5 Å². The SMILES string of the molecule is CC(=O)N1CCCC(c2nnc3n2CCN(C(=O)c2cscn2)C3)C1. The minimum Gasteiger partial charge on any atom is -0.342 e. The van der Waals surface area contributed by atoms with Gasteiger partial charge in [0.05, 0.1) is 12.1 Å². The third kappa shape index (κ3) is 3.04. The maximum absolute atomic E-state index is 12.5. The summed E-state index contributed by atoms with van der Waals surface area (Å²) in [5.41, 5.74) is 2.16. The molecule has 132 valence electrons. The molecule has 2 aromatic rings. The van der Waals surface area contributed by atoms with E-state index in [-0.39, 0.29) is 17.7 Å². The molecule has 4 rings (SSSR count). The fourth-order valence-corrected chi connectivity index (χ4v) is 4.14. The maximum Gasteiger partial charge on any atom is 0.273 e. The molecule has 2 aromatic heterocycles. The van der Waals surface area contributed by atoms with E-state index in [1.807, 2.05) is 4.90 Å². The van der Waals surface area contributed by atoms with E-state index in [2.05, 4.69) is 19.7 Å². The fourth-order valence-electron chi connectivity index (χ4n) is 3.61. The Kier molecular flexibility index (Phi) is 4.24. The zero-order chi connectivity index (χ0) is 17.4. The number of rotatable bonds is 2. The fraction of sp³-hybridized carbons (Fsp3) is 0.562. The van der Waals surface area contributed by atoms with Crippen molar-refractivity contribution >= 4 is 23.2 Å². The number of carbonyl (C=O) groups is 2. The summed E-state index contributed by atoms with van der Waals surface area (Å²) in [5, 5.41) is 10.5. The zero-order valence-corrected chi connectivity index (χ0v) is 14.9. The van der Waals surface area contributed by atoms with Gasteiger partial charge in [-0.1, -0.05) is 0 Å². The molecule has 0 spiro atoms. The van der Waals surface area contributed by atoms with Crippen molar-refractivity contribution in [3.8, 4) is 0 Å². The molecule has 0 N–H and O–H groups in total. The number of fused-ring (bicyclic) bond motifs is 1. The monoisotopic (exact) mass is 360 g/mol. The highest BCUT2D eigenvalue weighted by Crippen LogP contribution is 2.28. The predicted octanol–water partition coefficient (Wildman–Crippen LogP) is 1.12. The first-order valence-corrected chi connectivity index (χ1v) is 9.42. The van der Waals surface area contributed by atoms with E-state index in [1.54, 1.807) is 22.7 Å². The third-order valence-corrected chi connectivity index (χ3v) is 5.54. The molecule has 1 unspecified atom stereocenters. The summed E-state index contributed by atoms with van der Waals surface area (Å²) >= 11 is 1.42. The minimum absolute atomic E-state index is 0.0579. The number of likely N-dealkylation sites (tertiary alicyclic amines) is 1. The van der Waals surface area contributed by atoms with Gasteiger partial charge in [0.25, 0.3) is 5.91 Å². The van der Waals surface area contributed by atoms with Crippen LogP contribution >= 0.6 is 11.3 Å². The Bertz CT molecular complexity index is 787. The van der Waals surface area contributed by atoms with Gasteiger partial charge in [-0.25, -0.2) is 4.98 Å². The molecule has 0 saturated carbocycles. The second kappa shape index (κ2) is 6.55.